The number of hydrogen-bond donors (Lipinski definition) is 1. The van der Waals surface area contributed by atoms with Crippen molar-refractivity contribution >= 4 is 36.9 Å². The second-order valence-electron chi connectivity index (χ2n) is 5.59. The average Bonchev–Trinajstić information content (AvgIpc) is 2.61. The first-order chi connectivity index (χ1) is 12.3. The number of aromatic amines is 1. The van der Waals surface area contributed by atoms with E-state index in [0.29, 0.717) is 21.1 Å². The van der Waals surface area contributed by atoms with Crippen molar-refractivity contribution in [2.45, 2.75) is 11.4 Å². The van der Waals surface area contributed by atoms with Crippen LogP contribution >= 0.6 is 15.9 Å². The summed E-state index contributed by atoms with van der Waals surface area (Å²) < 4.78 is 32.3. The third kappa shape index (κ3) is 3.50. The van der Waals surface area contributed by atoms with Gasteiger partial charge < -0.3 is 9.72 Å². The molecule has 1 N–H and O–H groups in total. The van der Waals surface area contributed by atoms with Crippen LogP contribution in [0, 0.1) is 0 Å². The lowest BCUT2D eigenvalue weighted by molar-refractivity contribution is 0.411. The summed E-state index contributed by atoms with van der Waals surface area (Å²) in [4.78, 5) is 19.2. The van der Waals surface area contributed by atoms with Crippen LogP contribution in [0.1, 0.15) is 5.82 Å². The maximum atomic E-state index is 12.8. The standard InChI is InChI=1S/C17H16BrN3O4S/c1-21(26(23,24)11-7-8-15(25-2)13(18)9-11)10-16-19-14-6-4-3-5-12(14)17(22)20-16/h3-9H,10H2,1-2H3,(H,19,20,22). The fraction of sp³-hybridized carbons (Fsp3) is 0.176. The zero-order valence-electron chi connectivity index (χ0n) is 14.1. The number of halogens is 1. The highest BCUT2D eigenvalue weighted by Gasteiger charge is 2.23. The SMILES string of the molecule is COc1ccc(S(=O)(=O)N(C)Cc2nc3ccccc3c(=O)[nH]2)cc1Br. The fourth-order valence-corrected chi connectivity index (χ4v) is 4.34. The lowest BCUT2D eigenvalue weighted by Crippen LogP contribution is -2.28. The number of ether oxygens (including phenoxy) is 1. The molecule has 0 atom stereocenters. The summed E-state index contributed by atoms with van der Waals surface area (Å²) in [5.41, 5.74) is 0.216. The lowest BCUT2D eigenvalue weighted by atomic mass is 10.2. The van der Waals surface area contributed by atoms with Crippen molar-refractivity contribution in [3.63, 3.8) is 0 Å². The van der Waals surface area contributed by atoms with Crippen LogP contribution in [-0.2, 0) is 16.6 Å². The third-order valence-corrected chi connectivity index (χ3v) is 6.28. The highest BCUT2D eigenvalue weighted by molar-refractivity contribution is 9.10. The Morgan fingerprint density at radius 3 is 2.65 bits per heavy atom. The van der Waals surface area contributed by atoms with Gasteiger partial charge in [0.1, 0.15) is 11.6 Å². The van der Waals surface area contributed by atoms with E-state index in [-0.39, 0.29) is 22.8 Å². The van der Waals surface area contributed by atoms with Crippen LogP contribution in [0.3, 0.4) is 0 Å². The Kier molecular flexibility index (Phi) is 5.12. The molecule has 3 aromatic rings. The number of H-pyrrole nitrogens is 1. The summed E-state index contributed by atoms with van der Waals surface area (Å²) >= 11 is 3.28. The Hall–Kier alpha value is -2.23. The van der Waals surface area contributed by atoms with E-state index in [0.717, 1.165) is 4.31 Å². The Morgan fingerprint density at radius 1 is 1.23 bits per heavy atom. The van der Waals surface area contributed by atoms with Gasteiger partial charge in [0.15, 0.2) is 0 Å². The number of hydrogen-bond acceptors (Lipinski definition) is 5. The van der Waals surface area contributed by atoms with Gasteiger partial charge in [-0.25, -0.2) is 13.4 Å². The molecule has 0 spiro atoms. The van der Waals surface area contributed by atoms with Gasteiger partial charge in [-0.1, -0.05) is 12.1 Å². The van der Waals surface area contributed by atoms with E-state index < -0.39 is 10.0 Å². The topological polar surface area (TPSA) is 92.4 Å². The van der Waals surface area contributed by atoms with E-state index in [1.807, 2.05) is 0 Å². The largest absolute Gasteiger partial charge is 0.496 e. The minimum atomic E-state index is -3.77. The molecule has 0 unspecified atom stereocenters. The number of nitrogens with one attached hydrogen (secondary N) is 1. The summed E-state index contributed by atoms with van der Waals surface area (Å²) in [6.07, 6.45) is 0. The van der Waals surface area contributed by atoms with E-state index >= 15 is 0 Å². The molecule has 0 aliphatic rings. The van der Waals surface area contributed by atoms with Crippen LogP contribution in [0.2, 0.25) is 0 Å². The maximum Gasteiger partial charge on any atom is 0.258 e. The summed E-state index contributed by atoms with van der Waals surface area (Å²) in [5, 5.41) is 0.459. The minimum Gasteiger partial charge on any atom is -0.496 e. The molecular weight excluding hydrogens is 422 g/mol. The van der Waals surface area contributed by atoms with Gasteiger partial charge >= 0.3 is 0 Å². The second-order valence-corrected chi connectivity index (χ2v) is 8.49. The first-order valence-corrected chi connectivity index (χ1v) is 9.84. The molecule has 3 rings (SSSR count). The van der Waals surface area contributed by atoms with Crippen molar-refractivity contribution in [2.75, 3.05) is 14.2 Å². The quantitative estimate of drug-likeness (QED) is 0.661. The van der Waals surface area contributed by atoms with Gasteiger partial charge in [0, 0.05) is 7.05 Å². The molecule has 26 heavy (non-hydrogen) atoms. The predicted octanol–water partition coefficient (Wildman–Crippen LogP) is 2.51. The number of benzene rings is 2. The summed E-state index contributed by atoms with van der Waals surface area (Å²) in [6, 6.07) is 11.4. The van der Waals surface area contributed by atoms with E-state index in [9.17, 15) is 13.2 Å². The van der Waals surface area contributed by atoms with Crippen LogP contribution in [0.5, 0.6) is 5.75 Å². The number of para-hydroxylation sites is 1. The highest BCUT2D eigenvalue weighted by atomic mass is 79.9. The first-order valence-electron chi connectivity index (χ1n) is 7.61. The van der Waals surface area contributed by atoms with Crippen molar-refractivity contribution in [2.24, 2.45) is 0 Å². The second kappa shape index (κ2) is 7.18. The maximum absolute atomic E-state index is 12.8. The molecular formula is C17H16BrN3O4S. The number of fused-ring (bicyclic) bond motifs is 1. The van der Waals surface area contributed by atoms with Gasteiger partial charge in [-0.2, -0.15) is 4.31 Å². The Morgan fingerprint density at radius 2 is 1.96 bits per heavy atom. The highest BCUT2D eigenvalue weighted by Crippen LogP contribution is 2.28. The zero-order chi connectivity index (χ0) is 18.9. The molecule has 2 aromatic carbocycles. The van der Waals surface area contributed by atoms with Crippen LogP contribution in [0.25, 0.3) is 10.9 Å². The first kappa shape index (κ1) is 18.6. The molecule has 1 aromatic heterocycles. The fourth-order valence-electron chi connectivity index (χ4n) is 2.49. The molecule has 7 nitrogen and oxygen atoms in total. The summed E-state index contributed by atoms with van der Waals surface area (Å²) in [5.74, 6) is 0.805. The molecule has 0 bridgehead atoms. The smallest absolute Gasteiger partial charge is 0.258 e. The van der Waals surface area contributed by atoms with Crippen LogP contribution in [-0.4, -0.2) is 36.8 Å². The molecule has 1 heterocycles. The summed E-state index contributed by atoms with van der Waals surface area (Å²) in [6.45, 7) is -0.0634. The molecule has 0 saturated carbocycles. The van der Waals surface area contributed by atoms with Gasteiger partial charge in [0.05, 0.1) is 33.9 Å². The Balaban J connectivity index is 1.93. The average molecular weight is 438 g/mol. The predicted molar refractivity (Wildman–Crippen MR) is 102 cm³/mol. The van der Waals surface area contributed by atoms with Crippen molar-refractivity contribution in [3.05, 3.63) is 63.1 Å². The van der Waals surface area contributed by atoms with Crippen LogP contribution < -0.4 is 10.3 Å². The van der Waals surface area contributed by atoms with Gasteiger partial charge in [-0.15, -0.1) is 0 Å². The van der Waals surface area contributed by atoms with Gasteiger partial charge in [0.2, 0.25) is 10.0 Å². The van der Waals surface area contributed by atoms with E-state index in [1.165, 1.54) is 26.3 Å². The lowest BCUT2D eigenvalue weighted by Gasteiger charge is -2.17. The zero-order valence-corrected chi connectivity index (χ0v) is 16.5. The van der Waals surface area contributed by atoms with Crippen LogP contribution in [0.15, 0.2) is 56.6 Å². The third-order valence-electron chi connectivity index (χ3n) is 3.87. The molecule has 0 radical (unpaired) electrons. The van der Waals surface area contributed by atoms with E-state index in [2.05, 4.69) is 25.9 Å². The van der Waals surface area contributed by atoms with E-state index in [1.54, 1.807) is 30.3 Å². The van der Waals surface area contributed by atoms with Crippen molar-refractivity contribution in [3.8, 4) is 5.75 Å². The van der Waals surface area contributed by atoms with Crippen molar-refractivity contribution in [1.82, 2.24) is 14.3 Å². The number of rotatable bonds is 5. The Bertz CT molecular complexity index is 1130. The number of methoxy groups -OCH3 is 1. The number of nitrogens with zero attached hydrogens (tertiary/aromatic N) is 2. The molecule has 136 valence electrons. The minimum absolute atomic E-state index is 0.0634. The van der Waals surface area contributed by atoms with E-state index in [4.69, 9.17) is 4.74 Å². The number of aromatic nitrogens is 2. The molecule has 0 fully saturated rings. The molecule has 0 aliphatic heterocycles. The molecule has 0 amide bonds. The monoisotopic (exact) mass is 437 g/mol. The number of sulfonamides is 1. The molecule has 0 saturated heterocycles. The molecule has 0 aliphatic carbocycles. The van der Waals surface area contributed by atoms with Crippen molar-refractivity contribution < 1.29 is 13.2 Å². The summed E-state index contributed by atoms with van der Waals surface area (Å²) in [7, 11) is -0.830. The normalized spacial score (nSPS) is 11.8. The molecule has 9 heteroatoms. The van der Waals surface area contributed by atoms with Gasteiger partial charge in [-0.05, 0) is 46.3 Å². The van der Waals surface area contributed by atoms with Crippen molar-refractivity contribution in [1.29, 1.82) is 0 Å². The van der Waals surface area contributed by atoms with Gasteiger partial charge in [-0.3, -0.25) is 4.79 Å². The van der Waals surface area contributed by atoms with Gasteiger partial charge in [0.25, 0.3) is 5.56 Å². The Labute approximate surface area is 158 Å². The van der Waals surface area contributed by atoms with Crippen LogP contribution in [0.4, 0.5) is 0 Å².